The van der Waals surface area contributed by atoms with Gasteiger partial charge in [-0.1, -0.05) is 56.3 Å². The lowest BCUT2D eigenvalue weighted by Gasteiger charge is -2.36. The monoisotopic (exact) mass is 438 g/mol. The van der Waals surface area contributed by atoms with E-state index in [0.717, 1.165) is 68.7 Å². The Morgan fingerprint density at radius 1 is 1.09 bits per heavy atom. The summed E-state index contributed by atoms with van der Waals surface area (Å²) in [5.74, 6) is 1.03. The molecule has 1 N–H and O–H groups in total. The van der Waals surface area contributed by atoms with Crippen molar-refractivity contribution in [3.05, 3.63) is 54.1 Å². The predicted octanol–water partition coefficient (Wildman–Crippen LogP) is 4.55. The molecule has 1 fully saturated rings. The van der Waals surface area contributed by atoms with Crippen LogP contribution in [0.5, 0.6) is 5.75 Å². The highest BCUT2D eigenvalue weighted by atomic mass is 16.5. The van der Waals surface area contributed by atoms with E-state index in [1.165, 1.54) is 5.56 Å². The number of carbonyl (C=O) groups excluding carboxylic acids is 1. The minimum atomic E-state index is -0.410. The lowest BCUT2D eigenvalue weighted by Crippen LogP contribution is -2.46. The normalized spacial score (nSPS) is 15.5. The van der Waals surface area contributed by atoms with Gasteiger partial charge in [0.05, 0.1) is 12.5 Å². The second kappa shape index (κ2) is 12.0. The standard InChI is InChI=1S/C27H38N2O3/c1-4-29(5-2)17-9-16-28-26(30)27(14-18-32-19-15-27)21-22-10-8-11-23(20-22)24-12-6-7-13-25(24)31-3/h6-8,10-13,20H,4-5,9,14-19,21H2,1-3H3,(H,28,30). The molecule has 0 unspecified atom stereocenters. The van der Waals surface area contributed by atoms with Gasteiger partial charge >= 0.3 is 0 Å². The molecule has 2 aromatic carbocycles. The van der Waals surface area contributed by atoms with E-state index in [9.17, 15) is 4.79 Å². The Labute approximate surface area is 193 Å². The zero-order valence-electron chi connectivity index (χ0n) is 19.9. The van der Waals surface area contributed by atoms with Gasteiger partial charge in [-0.25, -0.2) is 0 Å². The number of carbonyl (C=O) groups is 1. The molecular weight excluding hydrogens is 400 g/mol. The molecule has 1 heterocycles. The number of para-hydroxylation sites is 1. The number of nitrogens with zero attached hydrogens (tertiary/aromatic N) is 1. The van der Waals surface area contributed by atoms with Crippen LogP contribution in [0.25, 0.3) is 11.1 Å². The Hall–Kier alpha value is -2.37. The van der Waals surface area contributed by atoms with Crippen molar-refractivity contribution >= 4 is 5.91 Å². The van der Waals surface area contributed by atoms with Crippen molar-refractivity contribution in [3.8, 4) is 16.9 Å². The van der Waals surface area contributed by atoms with Crippen molar-refractivity contribution in [3.63, 3.8) is 0 Å². The Morgan fingerprint density at radius 3 is 2.56 bits per heavy atom. The van der Waals surface area contributed by atoms with Crippen LogP contribution < -0.4 is 10.1 Å². The van der Waals surface area contributed by atoms with Crippen molar-refractivity contribution in [2.75, 3.05) is 46.5 Å². The first-order valence-electron chi connectivity index (χ1n) is 11.9. The van der Waals surface area contributed by atoms with Crippen molar-refractivity contribution in [2.24, 2.45) is 5.41 Å². The summed E-state index contributed by atoms with van der Waals surface area (Å²) in [5, 5.41) is 3.24. The van der Waals surface area contributed by atoms with Gasteiger partial charge in [0.1, 0.15) is 5.75 Å². The van der Waals surface area contributed by atoms with Gasteiger partial charge in [0.15, 0.2) is 0 Å². The quantitative estimate of drug-likeness (QED) is 0.523. The fourth-order valence-electron chi connectivity index (χ4n) is 4.60. The summed E-state index contributed by atoms with van der Waals surface area (Å²) >= 11 is 0. The van der Waals surface area contributed by atoms with Crippen LogP contribution in [0.15, 0.2) is 48.5 Å². The number of nitrogens with one attached hydrogen (secondary N) is 1. The highest BCUT2D eigenvalue weighted by Gasteiger charge is 2.40. The minimum Gasteiger partial charge on any atom is -0.496 e. The fourth-order valence-corrected chi connectivity index (χ4v) is 4.60. The molecule has 2 aromatic rings. The summed E-state index contributed by atoms with van der Waals surface area (Å²) < 4.78 is 11.2. The SMILES string of the molecule is CCN(CC)CCCNC(=O)C1(Cc2cccc(-c3ccccc3OC)c2)CCOCC1. The topological polar surface area (TPSA) is 50.8 Å². The number of ether oxygens (including phenoxy) is 2. The third-order valence-corrected chi connectivity index (χ3v) is 6.65. The van der Waals surface area contributed by atoms with Gasteiger partial charge in [0.25, 0.3) is 0 Å². The summed E-state index contributed by atoms with van der Waals surface area (Å²) in [6, 6.07) is 16.6. The Morgan fingerprint density at radius 2 is 1.84 bits per heavy atom. The molecular formula is C27H38N2O3. The van der Waals surface area contributed by atoms with Crippen LogP contribution in [0.3, 0.4) is 0 Å². The zero-order chi connectivity index (χ0) is 22.8. The second-order valence-corrected chi connectivity index (χ2v) is 8.61. The van der Waals surface area contributed by atoms with Crippen LogP contribution in [0.2, 0.25) is 0 Å². The number of amides is 1. The molecule has 0 saturated carbocycles. The molecule has 0 aliphatic carbocycles. The summed E-state index contributed by atoms with van der Waals surface area (Å²) in [6.45, 7) is 9.47. The Balaban J connectivity index is 1.72. The van der Waals surface area contributed by atoms with Crippen LogP contribution >= 0.6 is 0 Å². The second-order valence-electron chi connectivity index (χ2n) is 8.61. The first-order valence-corrected chi connectivity index (χ1v) is 11.9. The summed E-state index contributed by atoms with van der Waals surface area (Å²) in [6.07, 6.45) is 3.21. The van der Waals surface area contributed by atoms with Crippen molar-refractivity contribution in [2.45, 2.75) is 39.5 Å². The third kappa shape index (κ3) is 6.11. The molecule has 3 rings (SSSR count). The number of benzene rings is 2. The molecule has 174 valence electrons. The van der Waals surface area contributed by atoms with E-state index in [1.54, 1.807) is 7.11 Å². The molecule has 1 amide bonds. The van der Waals surface area contributed by atoms with Gasteiger partial charge in [-0.15, -0.1) is 0 Å². The van der Waals surface area contributed by atoms with Crippen LogP contribution in [-0.4, -0.2) is 57.3 Å². The molecule has 0 spiro atoms. The molecule has 5 nitrogen and oxygen atoms in total. The first-order chi connectivity index (χ1) is 15.6. The van der Waals surface area contributed by atoms with E-state index in [1.807, 2.05) is 18.2 Å². The van der Waals surface area contributed by atoms with E-state index in [0.29, 0.717) is 13.2 Å². The van der Waals surface area contributed by atoms with Gasteiger partial charge in [-0.3, -0.25) is 4.79 Å². The van der Waals surface area contributed by atoms with Crippen molar-refractivity contribution in [1.82, 2.24) is 10.2 Å². The molecule has 0 bridgehead atoms. The molecule has 1 saturated heterocycles. The summed E-state index contributed by atoms with van der Waals surface area (Å²) in [4.78, 5) is 15.8. The average Bonchev–Trinajstić information content (AvgIpc) is 2.84. The van der Waals surface area contributed by atoms with Gasteiger partial charge in [0, 0.05) is 25.3 Å². The van der Waals surface area contributed by atoms with Crippen LogP contribution in [0, 0.1) is 5.41 Å². The van der Waals surface area contributed by atoms with Gasteiger partial charge in [0.2, 0.25) is 5.91 Å². The van der Waals surface area contributed by atoms with Gasteiger partial charge in [-0.05, 0) is 62.5 Å². The third-order valence-electron chi connectivity index (χ3n) is 6.65. The molecule has 1 aliphatic heterocycles. The predicted molar refractivity (Wildman–Crippen MR) is 130 cm³/mol. The van der Waals surface area contributed by atoms with E-state index < -0.39 is 5.41 Å². The van der Waals surface area contributed by atoms with Crippen LogP contribution in [0.4, 0.5) is 0 Å². The highest BCUT2D eigenvalue weighted by molar-refractivity contribution is 5.83. The summed E-state index contributed by atoms with van der Waals surface area (Å²) in [7, 11) is 1.70. The fraction of sp³-hybridized carbons (Fsp3) is 0.519. The van der Waals surface area contributed by atoms with Crippen LogP contribution in [-0.2, 0) is 16.0 Å². The van der Waals surface area contributed by atoms with Crippen molar-refractivity contribution in [1.29, 1.82) is 0 Å². The Kier molecular flexibility index (Phi) is 9.12. The van der Waals surface area contributed by atoms with Crippen molar-refractivity contribution < 1.29 is 14.3 Å². The molecule has 5 heteroatoms. The van der Waals surface area contributed by atoms with Crippen LogP contribution in [0.1, 0.15) is 38.7 Å². The lowest BCUT2D eigenvalue weighted by atomic mass is 9.74. The number of hydrogen-bond acceptors (Lipinski definition) is 4. The molecule has 0 radical (unpaired) electrons. The molecule has 1 aliphatic rings. The largest absolute Gasteiger partial charge is 0.496 e. The number of hydrogen-bond donors (Lipinski definition) is 1. The van der Waals surface area contributed by atoms with E-state index >= 15 is 0 Å². The average molecular weight is 439 g/mol. The van der Waals surface area contributed by atoms with E-state index in [2.05, 4.69) is 54.4 Å². The van der Waals surface area contributed by atoms with Gasteiger partial charge in [-0.2, -0.15) is 0 Å². The molecule has 32 heavy (non-hydrogen) atoms. The summed E-state index contributed by atoms with van der Waals surface area (Å²) in [5.41, 5.74) is 2.95. The maximum absolute atomic E-state index is 13.4. The smallest absolute Gasteiger partial charge is 0.226 e. The minimum absolute atomic E-state index is 0.169. The number of methoxy groups -OCH3 is 1. The maximum atomic E-state index is 13.4. The molecule has 0 atom stereocenters. The maximum Gasteiger partial charge on any atom is 0.226 e. The lowest BCUT2D eigenvalue weighted by molar-refractivity contribution is -0.136. The number of rotatable bonds is 11. The van der Waals surface area contributed by atoms with Gasteiger partial charge < -0.3 is 19.7 Å². The molecule has 0 aromatic heterocycles. The van der Waals surface area contributed by atoms with E-state index in [4.69, 9.17) is 9.47 Å². The zero-order valence-corrected chi connectivity index (χ0v) is 19.9. The Bertz CT molecular complexity index is 857. The highest BCUT2D eigenvalue weighted by Crippen LogP contribution is 2.36. The first kappa shape index (κ1) is 24.3. The van der Waals surface area contributed by atoms with E-state index in [-0.39, 0.29) is 5.91 Å².